The lowest BCUT2D eigenvalue weighted by molar-refractivity contribution is -0.141. The highest BCUT2D eigenvalue weighted by molar-refractivity contribution is 9.09. The number of piperidine rings is 1. The molecule has 1 aromatic rings. The van der Waals surface area contributed by atoms with Gasteiger partial charge in [-0.05, 0) is 50.8 Å². The number of alkyl halides is 1. The Hall–Kier alpha value is -0.740. The number of halogens is 2. The SMILES string of the molecule is CC(Oc1cccc(Cl)c1)C(=O)N1CCCCC1CCBr. The Bertz CT molecular complexity index is 481. The summed E-state index contributed by atoms with van der Waals surface area (Å²) in [5.74, 6) is 0.707. The lowest BCUT2D eigenvalue weighted by atomic mass is 9.99. The summed E-state index contributed by atoms with van der Waals surface area (Å²) in [6.45, 7) is 2.64. The van der Waals surface area contributed by atoms with Crippen molar-refractivity contribution in [1.29, 1.82) is 0 Å². The number of hydrogen-bond acceptors (Lipinski definition) is 2. The van der Waals surface area contributed by atoms with E-state index in [0.29, 0.717) is 16.8 Å². The Kier molecular flexibility index (Phi) is 6.37. The van der Waals surface area contributed by atoms with E-state index in [4.69, 9.17) is 16.3 Å². The standard InChI is InChI=1S/C16H21BrClNO2/c1-12(21-15-7-4-5-13(18)11-15)16(20)19-10-3-2-6-14(19)8-9-17/h4-5,7,11-12,14H,2-3,6,8-10H2,1H3. The molecule has 1 heterocycles. The van der Waals surface area contributed by atoms with Crippen LogP contribution in [0.1, 0.15) is 32.6 Å². The fourth-order valence-electron chi connectivity index (χ4n) is 2.75. The van der Waals surface area contributed by atoms with Crippen LogP contribution < -0.4 is 4.74 Å². The summed E-state index contributed by atoms with van der Waals surface area (Å²) in [5, 5.41) is 1.53. The molecule has 0 bridgehead atoms. The molecule has 0 spiro atoms. The van der Waals surface area contributed by atoms with Crippen LogP contribution in [-0.4, -0.2) is 34.8 Å². The molecule has 0 aromatic heterocycles. The van der Waals surface area contributed by atoms with Crippen molar-refractivity contribution in [3.05, 3.63) is 29.3 Å². The van der Waals surface area contributed by atoms with Gasteiger partial charge in [0.05, 0.1) is 0 Å². The number of carbonyl (C=O) groups excluding carboxylic acids is 1. The molecule has 0 N–H and O–H groups in total. The van der Waals surface area contributed by atoms with Crippen molar-refractivity contribution in [1.82, 2.24) is 4.90 Å². The third-order valence-electron chi connectivity index (χ3n) is 3.81. The molecule has 0 radical (unpaired) electrons. The first-order valence-electron chi connectivity index (χ1n) is 7.40. The van der Waals surface area contributed by atoms with Crippen LogP contribution in [0.15, 0.2) is 24.3 Å². The minimum atomic E-state index is -0.487. The first-order chi connectivity index (χ1) is 10.1. The minimum absolute atomic E-state index is 0.0700. The molecule has 21 heavy (non-hydrogen) atoms. The second-order valence-corrected chi connectivity index (χ2v) is 6.61. The van der Waals surface area contributed by atoms with E-state index in [-0.39, 0.29) is 5.91 Å². The van der Waals surface area contributed by atoms with Gasteiger partial charge in [-0.25, -0.2) is 0 Å². The van der Waals surface area contributed by atoms with Crippen LogP contribution >= 0.6 is 27.5 Å². The monoisotopic (exact) mass is 373 g/mol. The van der Waals surface area contributed by atoms with Crippen molar-refractivity contribution in [2.24, 2.45) is 0 Å². The number of benzene rings is 1. The van der Waals surface area contributed by atoms with E-state index in [2.05, 4.69) is 15.9 Å². The predicted octanol–water partition coefficient (Wildman–Crippen LogP) is 4.27. The van der Waals surface area contributed by atoms with Crippen LogP contribution in [-0.2, 0) is 4.79 Å². The molecule has 1 aliphatic rings. The number of carbonyl (C=O) groups is 1. The smallest absolute Gasteiger partial charge is 0.263 e. The van der Waals surface area contributed by atoms with Crippen molar-refractivity contribution in [2.75, 3.05) is 11.9 Å². The molecule has 2 atom stereocenters. The van der Waals surface area contributed by atoms with E-state index < -0.39 is 6.10 Å². The molecular weight excluding hydrogens is 354 g/mol. The summed E-state index contributed by atoms with van der Waals surface area (Å²) in [6, 6.07) is 7.50. The fraction of sp³-hybridized carbons (Fsp3) is 0.562. The minimum Gasteiger partial charge on any atom is -0.481 e. The zero-order valence-corrected chi connectivity index (χ0v) is 14.6. The van der Waals surface area contributed by atoms with Crippen LogP contribution in [0.5, 0.6) is 5.75 Å². The van der Waals surface area contributed by atoms with Gasteiger partial charge >= 0.3 is 0 Å². The molecule has 2 rings (SSSR count). The maximum Gasteiger partial charge on any atom is 0.263 e. The number of hydrogen-bond donors (Lipinski definition) is 0. The Morgan fingerprint density at radius 3 is 3.05 bits per heavy atom. The summed E-state index contributed by atoms with van der Waals surface area (Å²) in [6.07, 6.45) is 3.87. The third kappa shape index (κ3) is 4.62. The molecule has 1 aromatic carbocycles. The van der Waals surface area contributed by atoms with Gasteiger partial charge in [-0.15, -0.1) is 0 Å². The molecule has 1 fully saturated rings. The molecule has 1 saturated heterocycles. The molecule has 3 nitrogen and oxygen atoms in total. The summed E-state index contributed by atoms with van der Waals surface area (Å²) in [4.78, 5) is 14.6. The quantitative estimate of drug-likeness (QED) is 0.720. The average molecular weight is 375 g/mol. The van der Waals surface area contributed by atoms with Crippen molar-refractivity contribution in [3.63, 3.8) is 0 Å². The Morgan fingerprint density at radius 1 is 1.52 bits per heavy atom. The maximum absolute atomic E-state index is 12.6. The van der Waals surface area contributed by atoms with E-state index in [9.17, 15) is 4.79 Å². The molecule has 2 unspecified atom stereocenters. The first-order valence-corrected chi connectivity index (χ1v) is 8.90. The van der Waals surface area contributed by atoms with E-state index in [1.54, 1.807) is 12.1 Å². The van der Waals surface area contributed by atoms with E-state index in [1.165, 1.54) is 6.42 Å². The van der Waals surface area contributed by atoms with Gasteiger partial charge in [0, 0.05) is 22.9 Å². The lowest BCUT2D eigenvalue weighted by Gasteiger charge is -2.37. The summed E-state index contributed by atoms with van der Waals surface area (Å²) in [7, 11) is 0. The van der Waals surface area contributed by atoms with E-state index >= 15 is 0 Å². The second kappa shape index (κ2) is 8.04. The zero-order valence-electron chi connectivity index (χ0n) is 12.2. The Balaban J connectivity index is 2.00. The molecule has 0 aliphatic carbocycles. The number of ether oxygens (including phenoxy) is 1. The summed E-state index contributed by atoms with van der Waals surface area (Å²) >= 11 is 9.42. The number of likely N-dealkylation sites (tertiary alicyclic amines) is 1. The van der Waals surface area contributed by atoms with Crippen LogP contribution in [0.2, 0.25) is 5.02 Å². The van der Waals surface area contributed by atoms with Crippen molar-refractivity contribution in [3.8, 4) is 5.75 Å². The van der Waals surface area contributed by atoms with Crippen molar-refractivity contribution >= 4 is 33.4 Å². The van der Waals surface area contributed by atoms with Gasteiger partial charge in [0.25, 0.3) is 5.91 Å². The van der Waals surface area contributed by atoms with Crippen LogP contribution in [0.4, 0.5) is 0 Å². The molecule has 1 aliphatic heterocycles. The van der Waals surface area contributed by atoms with Gasteiger partial charge in [-0.1, -0.05) is 33.6 Å². The zero-order chi connectivity index (χ0) is 15.2. The van der Waals surface area contributed by atoms with Gasteiger partial charge < -0.3 is 9.64 Å². The number of rotatable bonds is 5. The molecule has 0 saturated carbocycles. The topological polar surface area (TPSA) is 29.5 Å². The molecule has 1 amide bonds. The molecular formula is C16H21BrClNO2. The largest absolute Gasteiger partial charge is 0.481 e. The highest BCUT2D eigenvalue weighted by Gasteiger charge is 2.30. The van der Waals surface area contributed by atoms with Crippen LogP contribution in [0.25, 0.3) is 0 Å². The van der Waals surface area contributed by atoms with Crippen molar-refractivity contribution in [2.45, 2.75) is 44.8 Å². The second-order valence-electron chi connectivity index (χ2n) is 5.38. The van der Waals surface area contributed by atoms with Crippen LogP contribution in [0.3, 0.4) is 0 Å². The number of amides is 1. The van der Waals surface area contributed by atoms with Gasteiger partial charge in [0.1, 0.15) is 5.75 Å². The highest BCUT2D eigenvalue weighted by Crippen LogP contribution is 2.23. The predicted molar refractivity (Wildman–Crippen MR) is 89.3 cm³/mol. The van der Waals surface area contributed by atoms with E-state index in [1.807, 2.05) is 24.0 Å². The van der Waals surface area contributed by atoms with Gasteiger partial charge in [0.15, 0.2) is 6.10 Å². The molecule has 5 heteroatoms. The van der Waals surface area contributed by atoms with E-state index in [0.717, 1.165) is 31.1 Å². The normalized spacial score (nSPS) is 20.1. The highest BCUT2D eigenvalue weighted by atomic mass is 79.9. The van der Waals surface area contributed by atoms with Gasteiger partial charge in [-0.2, -0.15) is 0 Å². The van der Waals surface area contributed by atoms with Crippen molar-refractivity contribution < 1.29 is 9.53 Å². The Morgan fingerprint density at radius 2 is 2.33 bits per heavy atom. The van der Waals surface area contributed by atoms with Gasteiger partial charge in [0.2, 0.25) is 0 Å². The van der Waals surface area contributed by atoms with Gasteiger partial charge in [-0.3, -0.25) is 4.79 Å². The van der Waals surface area contributed by atoms with Crippen LogP contribution in [0, 0.1) is 0 Å². The Labute approximate surface area is 139 Å². The molecule has 116 valence electrons. The summed E-state index contributed by atoms with van der Waals surface area (Å²) < 4.78 is 5.75. The first kappa shape index (κ1) is 16.6. The maximum atomic E-state index is 12.6. The fourth-order valence-corrected chi connectivity index (χ4v) is 3.45. The average Bonchev–Trinajstić information content (AvgIpc) is 2.47. The summed E-state index contributed by atoms with van der Waals surface area (Å²) in [5.41, 5.74) is 0. The third-order valence-corrected chi connectivity index (χ3v) is 4.50. The lowest BCUT2D eigenvalue weighted by Crippen LogP contribution is -2.49. The number of nitrogens with zero attached hydrogens (tertiary/aromatic N) is 1.